The Hall–Kier alpha value is -2.65. The number of nitrogens with one attached hydrogen (secondary N) is 1. The maximum atomic E-state index is 12.9. The normalized spacial score (nSPS) is 13.0. The number of carbonyl (C=O) groups excluding carboxylic acids is 1. The minimum atomic E-state index is -4.76. The molecular formula is C15H14F5N3O2. The van der Waals surface area contributed by atoms with E-state index in [9.17, 15) is 26.7 Å². The van der Waals surface area contributed by atoms with Crippen LogP contribution in [-0.4, -0.2) is 22.3 Å². The van der Waals surface area contributed by atoms with Crippen molar-refractivity contribution < 1.29 is 31.5 Å². The molecule has 0 bridgehead atoms. The van der Waals surface area contributed by atoms with Gasteiger partial charge in [-0.05, 0) is 24.6 Å². The average Bonchev–Trinajstić information content (AvgIpc) is 2.89. The Labute approximate surface area is 139 Å². The lowest BCUT2D eigenvalue weighted by molar-refractivity contribution is -0.141. The number of ether oxygens (including phenoxy) is 1. The fourth-order valence-electron chi connectivity index (χ4n) is 2.16. The zero-order valence-electron chi connectivity index (χ0n) is 13.1. The number of amides is 1. The van der Waals surface area contributed by atoms with Crippen LogP contribution in [0.1, 0.15) is 34.6 Å². The largest absolute Gasteiger partial charge is 0.435 e. The number of rotatable bonds is 5. The van der Waals surface area contributed by atoms with E-state index < -0.39 is 36.0 Å². The number of carbonyl (C=O) groups is 1. The molecular weight excluding hydrogens is 349 g/mol. The van der Waals surface area contributed by atoms with Gasteiger partial charge in [0, 0.05) is 13.2 Å². The smallest absolute Gasteiger partial charge is 0.435 e. The van der Waals surface area contributed by atoms with Crippen LogP contribution in [0.3, 0.4) is 0 Å². The Balaban J connectivity index is 2.13. The molecule has 0 saturated heterocycles. The topological polar surface area (TPSA) is 56.2 Å². The van der Waals surface area contributed by atoms with Crippen molar-refractivity contribution in [3.8, 4) is 5.75 Å². The summed E-state index contributed by atoms with van der Waals surface area (Å²) >= 11 is 0. The Morgan fingerprint density at radius 2 is 1.84 bits per heavy atom. The van der Waals surface area contributed by atoms with Gasteiger partial charge in [-0.15, -0.1) is 0 Å². The SMILES string of the molecule is CC(NC(=O)c1cn(C)nc1C(F)(F)F)c1ccc(OC(F)F)cc1. The zero-order chi connectivity index (χ0) is 18.8. The highest BCUT2D eigenvalue weighted by atomic mass is 19.4. The standard InChI is InChI=1S/C15H14F5N3O2/c1-8(9-3-5-10(6-4-9)25-14(16)17)21-13(24)11-7-23(2)22-12(11)15(18,19)20/h3-8,14H,1-2H3,(H,21,24). The van der Waals surface area contributed by atoms with Crippen molar-refractivity contribution in [2.24, 2.45) is 7.05 Å². The van der Waals surface area contributed by atoms with Gasteiger partial charge in [0.15, 0.2) is 5.69 Å². The lowest BCUT2D eigenvalue weighted by atomic mass is 10.1. The van der Waals surface area contributed by atoms with E-state index in [-0.39, 0.29) is 5.75 Å². The Bertz CT molecular complexity index is 741. The van der Waals surface area contributed by atoms with Crippen LogP contribution in [0, 0.1) is 0 Å². The van der Waals surface area contributed by atoms with Crippen LogP contribution in [0.4, 0.5) is 22.0 Å². The second-order valence-corrected chi connectivity index (χ2v) is 5.21. The van der Waals surface area contributed by atoms with Crippen LogP contribution in [0.15, 0.2) is 30.5 Å². The predicted molar refractivity (Wildman–Crippen MR) is 77.2 cm³/mol. The van der Waals surface area contributed by atoms with Crippen LogP contribution in [-0.2, 0) is 13.2 Å². The summed E-state index contributed by atoms with van der Waals surface area (Å²) in [5.41, 5.74) is -1.37. The minimum absolute atomic E-state index is 0.0658. The number of benzene rings is 1. The molecule has 0 aliphatic rings. The van der Waals surface area contributed by atoms with Crippen molar-refractivity contribution in [1.29, 1.82) is 0 Å². The third-order valence-electron chi connectivity index (χ3n) is 3.29. The van der Waals surface area contributed by atoms with Gasteiger partial charge in [-0.2, -0.15) is 27.1 Å². The number of halogens is 5. The molecule has 5 nitrogen and oxygen atoms in total. The van der Waals surface area contributed by atoms with Crippen molar-refractivity contribution >= 4 is 5.91 Å². The molecule has 0 aliphatic carbocycles. The van der Waals surface area contributed by atoms with Gasteiger partial charge >= 0.3 is 12.8 Å². The summed E-state index contributed by atoms with van der Waals surface area (Å²) in [5, 5.41) is 5.68. The van der Waals surface area contributed by atoms with Gasteiger partial charge < -0.3 is 10.1 Å². The molecule has 1 amide bonds. The van der Waals surface area contributed by atoms with Crippen LogP contribution in [0.2, 0.25) is 0 Å². The second-order valence-electron chi connectivity index (χ2n) is 5.21. The van der Waals surface area contributed by atoms with Crippen molar-refractivity contribution in [3.05, 3.63) is 47.3 Å². The van der Waals surface area contributed by atoms with E-state index >= 15 is 0 Å². The number of hydrogen-bond acceptors (Lipinski definition) is 3. The number of aryl methyl sites for hydroxylation is 1. The highest BCUT2D eigenvalue weighted by molar-refractivity contribution is 5.95. The summed E-state index contributed by atoms with van der Waals surface area (Å²) in [6.45, 7) is -1.42. The van der Waals surface area contributed by atoms with E-state index in [1.807, 2.05) is 0 Å². The van der Waals surface area contributed by atoms with Gasteiger partial charge in [0.1, 0.15) is 5.75 Å². The molecule has 1 unspecified atom stereocenters. The monoisotopic (exact) mass is 363 g/mol. The quantitative estimate of drug-likeness (QED) is 0.827. The molecule has 1 aromatic heterocycles. The molecule has 10 heteroatoms. The first-order valence-corrected chi connectivity index (χ1v) is 7.04. The lowest BCUT2D eigenvalue weighted by Gasteiger charge is -2.15. The molecule has 25 heavy (non-hydrogen) atoms. The van der Waals surface area contributed by atoms with E-state index in [4.69, 9.17) is 0 Å². The first-order valence-electron chi connectivity index (χ1n) is 7.04. The van der Waals surface area contributed by atoms with Gasteiger partial charge in [-0.25, -0.2) is 0 Å². The summed E-state index contributed by atoms with van der Waals surface area (Å²) in [6.07, 6.45) is -3.78. The fraction of sp³-hybridized carbons (Fsp3) is 0.333. The van der Waals surface area contributed by atoms with Crippen LogP contribution in [0.25, 0.3) is 0 Å². The molecule has 1 atom stereocenters. The molecule has 136 valence electrons. The number of hydrogen-bond donors (Lipinski definition) is 1. The first kappa shape index (κ1) is 18.7. The molecule has 0 fully saturated rings. The predicted octanol–water partition coefficient (Wildman–Crippen LogP) is 3.53. The van der Waals surface area contributed by atoms with Gasteiger partial charge in [0.2, 0.25) is 0 Å². The fourth-order valence-corrected chi connectivity index (χ4v) is 2.16. The number of nitrogens with zero attached hydrogens (tertiary/aromatic N) is 2. The molecule has 2 aromatic rings. The lowest BCUT2D eigenvalue weighted by Crippen LogP contribution is -2.28. The molecule has 0 spiro atoms. The maximum absolute atomic E-state index is 12.9. The average molecular weight is 363 g/mol. The number of alkyl halides is 5. The van der Waals surface area contributed by atoms with E-state index in [1.165, 1.54) is 31.3 Å². The summed E-state index contributed by atoms with van der Waals surface area (Å²) in [4.78, 5) is 12.1. The molecule has 1 N–H and O–H groups in total. The van der Waals surface area contributed by atoms with E-state index in [1.54, 1.807) is 6.92 Å². The summed E-state index contributed by atoms with van der Waals surface area (Å²) in [6, 6.07) is 4.74. The van der Waals surface area contributed by atoms with Crippen molar-refractivity contribution in [3.63, 3.8) is 0 Å². The van der Waals surface area contributed by atoms with Gasteiger partial charge in [0.25, 0.3) is 5.91 Å². The minimum Gasteiger partial charge on any atom is -0.435 e. The van der Waals surface area contributed by atoms with Gasteiger partial charge in [-0.1, -0.05) is 12.1 Å². The van der Waals surface area contributed by atoms with E-state index in [0.717, 1.165) is 10.9 Å². The van der Waals surface area contributed by atoms with E-state index in [2.05, 4.69) is 15.2 Å². The molecule has 2 rings (SSSR count). The van der Waals surface area contributed by atoms with Crippen LogP contribution < -0.4 is 10.1 Å². The Kier molecular flexibility index (Phi) is 5.29. The van der Waals surface area contributed by atoms with Gasteiger partial charge in [0.05, 0.1) is 11.6 Å². The van der Waals surface area contributed by atoms with Crippen LogP contribution >= 0.6 is 0 Å². The summed E-state index contributed by atoms with van der Waals surface area (Å²) in [7, 11) is 1.27. The van der Waals surface area contributed by atoms with Crippen molar-refractivity contribution in [2.45, 2.75) is 25.8 Å². The van der Waals surface area contributed by atoms with Crippen molar-refractivity contribution in [1.82, 2.24) is 15.1 Å². The third kappa shape index (κ3) is 4.68. The Morgan fingerprint density at radius 3 is 2.36 bits per heavy atom. The molecule has 1 heterocycles. The second kappa shape index (κ2) is 7.08. The maximum Gasteiger partial charge on any atom is 0.435 e. The Morgan fingerprint density at radius 1 is 1.24 bits per heavy atom. The summed E-state index contributed by atoms with van der Waals surface area (Å²) in [5.74, 6) is -1.01. The summed E-state index contributed by atoms with van der Waals surface area (Å²) < 4.78 is 68.0. The molecule has 0 radical (unpaired) electrons. The molecule has 0 aliphatic heterocycles. The molecule has 0 saturated carbocycles. The van der Waals surface area contributed by atoms with Gasteiger partial charge in [-0.3, -0.25) is 9.48 Å². The zero-order valence-corrected chi connectivity index (χ0v) is 13.1. The van der Waals surface area contributed by atoms with E-state index in [0.29, 0.717) is 5.56 Å². The third-order valence-corrected chi connectivity index (χ3v) is 3.29. The van der Waals surface area contributed by atoms with Crippen molar-refractivity contribution in [2.75, 3.05) is 0 Å². The first-order chi connectivity index (χ1) is 11.6. The van der Waals surface area contributed by atoms with Crippen LogP contribution in [0.5, 0.6) is 5.75 Å². The number of aromatic nitrogens is 2. The highest BCUT2D eigenvalue weighted by Gasteiger charge is 2.39. The molecule has 1 aromatic carbocycles. The highest BCUT2D eigenvalue weighted by Crippen LogP contribution is 2.30.